The molecular weight excluding hydrogens is 618 g/mol. The number of amides is 1. The lowest BCUT2D eigenvalue weighted by molar-refractivity contribution is -0.148. The normalized spacial score (nSPS) is 19.9. The molecule has 10 heteroatoms. The second-order valence-electron chi connectivity index (χ2n) is 17.0. The summed E-state index contributed by atoms with van der Waals surface area (Å²) in [6.07, 6.45) is 4.01. The van der Waals surface area contributed by atoms with Gasteiger partial charge in [-0.3, -0.25) is 14.4 Å². The Morgan fingerprint density at radius 2 is 1.37 bits per heavy atom. The van der Waals surface area contributed by atoms with Crippen LogP contribution in [0.5, 0.6) is 0 Å². The number of carbonyl (C=O) groups excluding carboxylic acids is 1. The van der Waals surface area contributed by atoms with Gasteiger partial charge >= 0.3 is 11.9 Å². The van der Waals surface area contributed by atoms with Crippen molar-refractivity contribution in [3.8, 4) is 6.07 Å². The molecule has 286 valence electrons. The summed E-state index contributed by atoms with van der Waals surface area (Å²) in [7, 11) is 0. The van der Waals surface area contributed by atoms with Crippen molar-refractivity contribution in [1.82, 2.24) is 5.32 Å². The Kier molecular flexibility index (Phi) is 26.1. The Morgan fingerprint density at radius 3 is 1.65 bits per heavy atom. The van der Waals surface area contributed by atoms with E-state index >= 15 is 0 Å². The summed E-state index contributed by atoms with van der Waals surface area (Å²) in [6.45, 7) is 41.1. The van der Waals surface area contributed by atoms with Crippen LogP contribution in [0.3, 0.4) is 0 Å². The summed E-state index contributed by atoms with van der Waals surface area (Å²) in [5.41, 5.74) is 10.1. The van der Waals surface area contributed by atoms with Gasteiger partial charge in [-0.25, -0.2) is 6.57 Å². The molecule has 1 amide bonds. The maximum atomic E-state index is 11.5. The summed E-state index contributed by atoms with van der Waals surface area (Å²) in [5.74, 6) is 0.798. The molecule has 6 unspecified atom stereocenters. The number of carbonyl (C=O) groups is 3. The number of nitriles is 1. The summed E-state index contributed by atoms with van der Waals surface area (Å²) in [4.78, 5) is 36.5. The van der Waals surface area contributed by atoms with Crippen LogP contribution in [0.1, 0.15) is 137 Å². The Hall–Kier alpha value is -2.95. The first kappa shape index (κ1) is 52.9. The average Bonchev–Trinajstić information content (AvgIpc) is 3.05. The van der Waals surface area contributed by atoms with E-state index in [0.29, 0.717) is 43.1 Å². The molecule has 0 aromatic heterocycles. The van der Waals surface area contributed by atoms with E-state index in [1.165, 1.54) is 0 Å². The average molecular weight is 694 g/mol. The Morgan fingerprint density at radius 1 is 0.980 bits per heavy atom. The van der Waals surface area contributed by atoms with Gasteiger partial charge in [0.25, 0.3) is 0 Å². The predicted molar refractivity (Wildman–Crippen MR) is 203 cm³/mol. The number of hydrogen-bond acceptors (Lipinski definition) is 6. The van der Waals surface area contributed by atoms with Gasteiger partial charge in [0.1, 0.15) is 0 Å². The van der Waals surface area contributed by atoms with Gasteiger partial charge in [0, 0.05) is 35.9 Å². The number of nitrogens with two attached hydrogens (primary N) is 2. The zero-order chi connectivity index (χ0) is 40.1. The summed E-state index contributed by atoms with van der Waals surface area (Å²) < 4.78 is 0. The van der Waals surface area contributed by atoms with Crippen molar-refractivity contribution in [3.05, 3.63) is 23.1 Å². The van der Waals surface area contributed by atoms with Crippen LogP contribution in [0, 0.1) is 63.7 Å². The molecule has 49 heavy (non-hydrogen) atoms. The molecule has 1 fully saturated rings. The first-order valence-electron chi connectivity index (χ1n) is 17.5. The van der Waals surface area contributed by atoms with E-state index in [2.05, 4.69) is 37.9 Å². The molecule has 0 radical (unpaired) electrons. The molecule has 1 saturated heterocycles. The second kappa shape index (κ2) is 24.2. The zero-order valence-electron chi connectivity index (χ0n) is 34.2. The van der Waals surface area contributed by atoms with Crippen LogP contribution in [0.4, 0.5) is 0 Å². The first-order chi connectivity index (χ1) is 21.9. The van der Waals surface area contributed by atoms with Gasteiger partial charge in [-0.05, 0) is 112 Å². The smallest absolute Gasteiger partial charge is 0.309 e. The van der Waals surface area contributed by atoms with Crippen molar-refractivity contribution in [2.45, 2.75) is 149 Å². The van der Waals surface area contributed by atoms with Crippen molar-refractivity contribution in [2.75, 3.05) is 13.1 Å². The number of carboxylic acid groups (broad SMARTS) is 2. The fourth-order valence-corrected chi connectivity index (χ4v) is 4.37. The Balaban J connectivity index is -0.000000270. The maximum absolute atomic E-state index is 11.5. The molecule has 1 aliphatic rings. The minimum Gasteiger partial charge on any atom is -0.481 e. The van der Waals surface area contributed by atoms with Crippen LogP contribution < -0.4 is 16.8 Å². The Labute approximate surface area is 300 Å². The third kappa shape index (κ3) is 27.6. The van der Waals surface area contributed by atoms with E-state index in [9.17, 15) is 14.4 Å². The third-order valence-electron chi connectivity index (χ3n) is 8.81. The van der Waals surface area contributed by atoms with Gasteiger partial charge in [0.05, 0.1) is 16.9 Å². The standard InChI is InChI=1S/C10H17NO2.C10H21NO2.C10H19NO.C5H7N.C4H11N/c1-7(8(2)11-5)6-10(3,4)9(12)13;1-7(8(2)6-11)5-10(3,4)9(12)13;1-7-5-10(3,4)9(12)11-6-8(7)2;1-3-5(2)4-6;1-4(2,3)5/h7-8H,6H2,1-4H3,(H,12,13);7-8H,5-6,11H2,1-4H3,(H,12,13);7-8H,5-6H2,1-4H3,(H,11,12);3H,1-2H3;5H2,1-3H3/b;;;5-3+;. The van der Waals surface area contributed by atoms with Gasteiger partial charge in [0.15, 0.2) is 0 Å². The van der Waals surface area contributed by atoms with Crippen molar-refractivity contribution >= 4 is 17.8 Å². The van der Waals surface area contributed by atoms with Crippen LogP contribution in [-0.2, 0) is 14.4 Å². The molecule has 0 spiro atoms. The third-order valence-corrected chi connectivity index (χ3v) is 8.81. The van der Waals surface area contributed by atoms with Gasteiger partial charge in [-0.15, -0.1) is 0 Å². The molecule has 1 rings (SSSR count). The van der Waals surface area contributed by atoms with Gasteiger partial charge in [-0.2, -0.15) is 5.26 Å². The highest BCUT2D eigenvalue weighted by molar-refractivity contribution is 5.82. The number of hydrogen-bond donors (Lipinski definition) is 5. The van der Waals surface area contributed by atoms with Crippen LogP contribution in [-0.4, -0.2) is 52.7 Å². The summed E-state index contributed by atoms with van der Waals surface area (Å²) in [5, 5.41) is 28.8. The highest BCUT2D eigenvalue weighted by atomic mass is 16.4. The molecule has 1 aliphatic heterocycles. The SMILES string of the molecule is C/C=C(\C)C#N.CC(C)(C)N.CC(CN)C(C)CC(C)(C)C(=O)O.CC1CNC(=O)C(C)(C)CC1C.[C-]#[N+]C(C)C(C)CC(C)(C)C(=O)O. The van der Waals surface area contributed by atoms with Crippen molar-refractivity contribution in [3.63, 3.8) is 0 Å². The van der Waals surface area contributed by atoms with Gasteiger partial charge in [0.2, 0.25) is 11.9 Å². The lowest BCUT2D eigenvalue weighted by Crippen LogP contribution is -2.35. The minimum absolute atomic E-state index is 0. The Bertz CT molecular complexity index is 1090. The highest BCUT2D eigenvalue weighted by Crippen LogP contribution is 2.32. The quantitative estimate of drug-likeness (QED) is 0.118. The molecule has 0 bridgehead atoms. The molecular formula is C39H75N5O5. The van der Waals surface area contributed by atoms with E-state index in [1.54, 1.807) is 40.7 Å². The lowest BCUT2D eigenvalue weighted by atomic mass is 9.79. The molecule has 0 aromatic carbocycles. The molecule has 0 saturated carbocycles. The second-order valence-corrected chi connectivity index (χ2v) is 17.0. The van der Waals surface area contributed by atoms with E-state index in [4.69, 9.17) is 33.5 Å². The largest absolute Gasteiger partial charge is 0.481 e. The number of nitrogens with zero attached hydrogens (tertiary/aromatic N) is 2. The maximum Gasteiger partial charge on any atom is 0.309 e. The number of aliphatic carboxylic acids is 2. The molecule has 6 atom stereocenters. The molecule has 7 N–H and O–H groups in total. The van der Waals surface area contributed by atoms with Crippen LogP contribution in [0.25, 0.3) is 4.85 Å². The minimum atomic E-state index is -0.795. The van der Waals surface area contributed by atoms with Crippen molar-refractivity contribution < 1.29 is 24.6 Å². The topological polar surface area (TPSA) is 184 Å². The molecule has 0 aromatic rings. The number of nitrogens with one attached hydrogen (secondary N) is 1. The molecule has 0 aliphatic carbocycles. The summed E-state index contributed by atoms with van der Waals surface area (Å²) in [6, 6.07) is 1.88. The first-order valence-corrected chi connectivity index (χ1v) is 17.5. The zero-order valence-corrected chi connectivity index (χ0v) is 34.2. The fraction of sp³-hybridized carbons (Fsp3) is 0.821. The van der Waals surface area contributed by atoms with Crippen LogP contribution >= 0.6 is 0 Å². The van der Waals surface area contributed by atoms with Gasteiger partial charge < -0.3 is 31.8 Å². The van der Waals surface area contributed by atoms with Crippen LogP contribution in [0.2, 0.25) is 0 Å². The summed E-state index contributed by atoms with van der Waals surface area (Å²) >= 11 is 0. The van der Waals surface area contributed by atoms with Crippen molar-refractivity contribution in [2.24, 2.45) is 57.3 Å². The highest BCUT2D eigenvalue weighted by Gasteiger charge is 2.34. The number of carboxylic acids is 2. The van der Waals surface area contributed by atoms with Gasteiger partial charge in [-0.1, -0.05) is 54.5 Å². The van der Waals surface area contributed by atoms with Crippen molar-refractivity contribution in [1.29, 1.82) is 5.26 Å². The predicted octanol–water partition coefficient (Wildman–Crippen LogP) is 8.17. The fourth-order valence-electron chi connectivity index (χ4n) is 4.37. The van der Waals surface area contributed by atoms with E-state index in [-0.39, 0.29) is 28.8 Å². The monoisotopic (exact) mass is 694 g/mol. The lowest BCUT2D eigenvalue weighted by Gasteiger charge is -2.26. The molecule has 10 nitrogen and oxygen atoms in total. The van der Waals surface area contributed by atoms with E-state index < -0.39 is 22.8 Å². The van der Waals surface area contributed by atoms with E-state index in [1.807, 2.05) is 61.5 Å². The van der Waals surface area contributed by atoms with Crippen LogP contribution in [0.15, 0.2) is 11.6 Å². The number of allylic oxidation sites excluding steroid dienone is 2. The van der Waals surface area contributed by atoms with E-state index in [0.717, 1.165) is 18.5 Å². The number of rotatable bonds is 9. The molecule has 1 heterocycles.